The lowest BCUT2D eigenvalue weighted by Crippen LogP contribution is -2.12. The first-order chi connectivity index (χ1) is 11.2. The predicted molar refractivity (Wildman–Crippen MR) is 80.9 cm³/mol. The number of amides is 1. The average molecular weight is 312 g/mol. The molecule has 0 atom stereocenters. The van der Waals surface area contributed by atoms with Gasteiger partial charge in [0.15, 0.2) is 0 Å². The molecule has 23 heavy (non-hydrogen) atoms. The van der Waals surface area contributed by atoms with Crippen LogP contribution in [0.5, 0.6) is 0 Å². The van der Waals surface area contributed by atoms with Crippen LogP contribution in [0.4, 0.5) is 10.1 Å². The summed E-state index contributed by atoms with van der Waals surface area (Å²) in [5.74, 6) is 0.242. The van der Waals surface area contributed by atoms with E-state index in [1.54, 1.807) is 36.7 Å². The van der Waals surface area contributed by atoms with Gasteiger partial charge in [-0.25, -0.2) is 4.39 Å². The number of aryl methyl sites for hydroxylation is 1. The van der Waals surface area contributed by atoms with Crippen molar-refractivity contribution in [3.05, 3.63) is 60.5 Å². The number of hydrogen-bond donors (Lipinski definition) is 1. The zero-order chi connectivity index (χ0) is 16.1. The van der Waals surface area contributed by atoms with Gasteiger partial charge in [0.2, 0.25) is 17.6 Å². The van der Waals surface area contributed by atoms with Crippen molar-refractivity contribution in [1.29, 1.82) is 0 Å². The van der Waals surface area contributed by atoms with Gasteiger partial charge in [-0.2, -0.15) is 4.98 Å². The highest BCUT2D eigenvalue weighted by molar-refractivity contribution is 5.90. The summed E-state index contributed by atoms with van der Waals surface area (Å²) < 4.78 is 18.0. The lowest BCUT2D eigenvalue weighted by atomic mass is 10.2. The summed E-state index contributed by atoms with van der Waals surface area (Å²) in [6, 6.07) is 9.20. The van der Waals surface area contributed by atoms with Gasteiger partial charge in [0.25, 0.3) is 0 Å². The van der Waals surface area contributed by atoms with Crippen LogP contribution in [0.3, 0.4) is 0 Å². The van der Waals surface area contributed by atoms with Crippen LogP contribution >= 0.6 is 0 Å². The molecule has 0 aliphatic heterocycles. The van der Waals surface area contributed by atoms with Crippen molar-refractivity contribution in [1.82, 2.24) is 15.1 Å². The van der Waals surface area contributed by atoms with Crippen LogP contribution in [-0.2, 0) is 11.2 Å². The molecule has 1 amide bonds. The van der Waals surface area contributed by atoms with Gasteiger partial charge in [0.05, 0.1) is 0 Å². The zero-order valence-electron chi connectivity index (χ0n) is 12.1. The highest BCUT2D eigenvalue weighted by Crippen LogP contribution is 2.16. The predicted octanol–water partition coefficient (Wildman–Crippen LogP) is 2.84. The van der Waals surface area contributed by atoms with Crippen molar-refractivity contribution in [2.24, 2.45) is 0 Å². The van der Waals surface area contributed by atoms with E-state index in [-0.39, 0.29) is 18.1 Å². The van der Waals surface area contributed by atoms with Gasteiger partial charge < -0.3 is 9.84 Å². The highest BCUT2D eigenvalue weighted by atomic mass is 19.1. The number of pyridine rings is 1. The normalized spacial score (nSPS) is 10.5. The van der Waals surface area contributed by atoms with Crippen molar-refractivity contribution in [2.75, 3.05) is 5.32 Å². The maximum absolute atomic E-state index is 12.9. The molecule has 0 unspecified atom stereocenters. The minimum atomic E-state index is -0.328. The van der Waals surface area contributed by atoms with Crippen molar-refractivity contribution >= 4 is 11.6 Å². The second kappa shape index (κ2) is 6.78. The molecule has 3 aromatic rings. The quantitative estimate of drug-likeness (QED) is 0.783. The first-order valence-corrected chi connectivity index (χ1v) is 6.99. The van der Waals surface area contributed by atoms with Crippen LogP contribution in [0.1, 0.15) is 12.3 Å². The van der Waals surface area contributed by atoms with Crippen molar-refractivity contribution < 1.29 is 13.7 Å². The molecule has 1 N–H and O–H groups in total. The number of carbonyl (C=O) groups is 1. The van der Waals surface area contributed by atoms with Gasteiger partial charge in [0, 0.05) is 36.5 Å². The number of nitrogens with zero attached hydrogens (tertiary/aromatic N) is 3. The van der Waals surface area contributed by atoms with E-state index in [0.717, 1.165) is 0 Å². The molecule has 0 fully saturated rings. The summed E-state index contributed by atoms with van der Waals surface area (Å²) in [5, 5.41) is 6.58. The summed E-state index contributed by atoms with van der Waals surface area (Å²) in [6.07, 6.45) is 3.74. The largest absolute Gasteiger partial charge is 0.339 e. The van der Waals surface area contributed by atoms with Gasteiger partial charge in [-0.15, -0.1) is 0 Å². The second-order valence-corrected chi connectivity index (χ2v) is 4.80. The van der Waals surface area contributed by atoms with E-state index in [4.69, 9.17) is 4.52 Å². The summed E-state index contributed by atoms with van der Waals surface area (Å²) in [6.45, 7) is 0. The van der Waals surface area contributed by atoms with Crippen LogP contribution in [0.25, 0.3) is 11.4 Å². The Morgan fingerprint density at radius 2 is 1.87 bits per heavy atom. The van der Waals surface area contributed by atoms with E-state index in [9.17, 15) is 9.18 Å². The minimum absolute atomic E-state index is 0.155. The van der Waals surface area contributed by atoms with E-state index < -0.39 is 0 Å². The first kappa shape index (κ1) is 14.8. The van der Waals surface area contributed by atoms with Crippen molar-refractivity contribution in [2.45, 2.75) is 12.8 Å². The fourth-order valence-corrected chi connectivity index (χ4v) is 1.95. The van der Waals surface area contributed by atoms with E-state index in [0.29, 0.717) is 29.4 Å². The molecule has 0 radical (unpaired) electrons. The molecule has 2 aromatic heterocycles. The number of hydrogen-bond acceptors (Lipinski definition) is 5. The minimum Gasteiger partial charge on any atom is -0.339 e. The molecule has 7 heteroatoms. The Bertz CT molecular complexity index is 787. The molecule has 0 aliphatic rings. The lowest BCUT2D eigenvalue weighted by molar-refractivity contribution is -0.116. The molecule has 0 saturated carbocycles. The molecule has 116 valence electrons. The fourth-order valence-electron chi connectivity index (χ4n) is 1.95. The van der Waals surface area contributed by atoms with Gasteiger partial charge in [-0.3, -0.25) is 9.78 Å². The number of aromatic nitrogens is 3. The van der Waals surface area contributed by atoms with Crippen LogP contribution < -0.4 is 5.32 Å². The van der Waals surface area contributed by atoms with Crippen molar-refractivity contribution in [3.63, 3.8) is 0 Å². The van der Waals surface area contributed by atoms with Crippen LogP contribution in [-0.4, -0.2) is 21.0 Å². The summed E-state index contributed by atoms with van der Waals surface area (Å²) in [4.78, 5) is 19.9. The smallest absolute Gasteiger partial charge is 0.227 e. The molecule has 0 spiro atoms. The highest BCUT2D eigenvalue weighted by Gasteiger charge is 2.11. The van der Waals surface area contributed by atoms with Crippen LogP contribution in [0.2, 0.25) is 0 Å². The zero-order valence-corrected chi connectivity index (χ0v) is 12.1. The molecule has 2 heterocycles. The number of carbonyl (C=O) groups excluding carboxylic acids is 1. The average Bonchev–Trinajstić information content (AvgIpc) is 3.04. The van der Waals surface area contributed by atoms with Gasteiger partial charge in [-0.05, 0) is 36.4 Å². The number of benzene rings is 1. The Hall–Kier alpha value is -3.09. The van der Waals surface area contributed by atoms with Gasteiger partial charge in [0.1, 0.15) is 5.82 Å². The van der Waals surface area contributed by atoms with Crippen molar-refractivity contribution in [3.8, 4) is 11.4 Å². The molecule has 1 aromatic carbocycles. The van der Waals surface area contributed by atoms with Crippen LogP contribution in [0, 0.1) is 5.82 Å². The monoisotopic (exact) mass is 312 g/mol. The van der Waals surface area contributed by atoms with E-state index in [2.05, 4.69) is 20.4 Å². The van der Waals surface area contributed by atoms with Gasteiger partial charge >= 0.3 is 0 Å². The fraction of sp³-hybridized carbons (Fsp3) is 0.125. The summed E-state index contributed by atoms with van der Waals surface area (Å²) >= 11 is 0. The SMILES string of the molecule is O=C(CCc1nc(-c2ccc(F)cc2)no1)Nc1ccncc1. The maximum Gasteiger partial charge on any atom is 0.227 e. The molecule has 6 nitrogen and oxygen atoms in total. The molecule has 0 bridgehead atoms. The summed E-state index contributed by atoms with van der Waals surface area (Å²) in [7, 11) is 0. The Kier molecular flexibility index (Phi) is 4.37. The van der Waals surface area contributed by atoms with Gasteiger partial charge in [-0.1, -0.05) is 5.16 Å². The van der Waals surface area contributed by atoms with E-state index in [1.807, 2.05) is 0 Å². The maximum atomic E-state index is 12.9. The number of nitrogens with one attached hydrogen (secondary N) is 1. The van der Waals surface area contributed by atoms with Crippen LogP contribution in [0.15, 0.2) is 53.3 Å². The third-order valence-electron chi connectivity index (χ3n) is 3.10. The number of anilines is 1. The Morgan fingerprint density at radius 3 is 2.61 bits per heavy atom. The third-order valence-corrected chi connectivity index (χ3v) is 3.10. The Balaban J connectivity index is 1.57. The third kappa shape index (κ3) is 3.97. The summed E-state index contributed by atoms with van der Waals surface area (Å²) in [5.41, 5.74) is 1.34. The Labute approximate surface area is 131 Å². The molecule has 0 saturated heterocycles. The standard InChI is InChI=1S/C16H13FN4O2/c17-12-3-1-11(2-4-12)16-20-15(23-21-16)6-5-14(22)19-13-7-9-18-10-8-13/h1-4,7-10H,5-6H2,(H,18,19,22). The molecular formula is C16H13FN4O2. The second-order valence-electron chi connectivity index (χ2n) is 4.80. The molecular weight excluding hydrogens is 299 g/mol. The van der Waals surface area contributed by atoms with E-state index >= 15 is 0 Å². The first-order valence-electron chi connectivity index (χ1n) is 6.99. The number of rotatable bonds is 5. The topological polar surface area (TPSA) is 80.9 Å². The van der Waals surface area contributed by atoms with E-state index in [1.165, 1.54) is 12.1 Å². The molecule has 3 rings (SSSR count). The number of halogens is 1. The molecule has 0 aliphatic carbocycles. The Morgan fingerprint density at radius 1 is 1.13 bits per heavy atom. The lowest BCUT2D eigenvalue weighted by Gasteiger charge is -2.02.